The molecule has 0 aromatic carbocycles. The summed E-state index contributed by atoms with van der Waals surface area (Å²) in [5.74, 6) is 2.55. The summed E-state index contributed by atoms with van der Waals surface area (Å²) >= 11 is 0. The third-order valence-corrected chi connectivity index (χ3v) is 5.59. The lowest BCUT2D eigenvalue weighted by atomic mass is 9.77. The number of Topliss-reactive ketones (excluding diaryl/α,β-unsaturated/α-hetero) is 1. The summed E-state index contributed by atoms with van der Waals surface area (Å²) in [7, 11) is 0. The van der Waals surface area contributed by atoms with Crippen LogP contribution in [0.5, 0.6) is 0 Å². The summed E-state index contributed by atoms with van der Waals surface area (Å²) in [6, 6.07) is 0. The van der Waals surface area contributed by atoms with Gasteiger partial charge in [-0.05, 0) is 68.8 Å². The molecule has 2 saturated carbocycles. The number of hydrogen-bond donors (Lipinski definition) is 0. The number of hydrogen-bond acceptors (Lipinski definition) is 3. The molecule has 3 aliphatic rings. The standard InChI is InChI=1S/C17H24O3/c1-10(2)17(19)15-9-12-8-13(15)7-11(12)3-4-14-5-6-16(18)20-14/h11-15H,1,3-9H2,2H3. The van der Waals surface area contributed by atoms with E-state index in [2.05, 4.69) is 6.58 Å². The first-order valence-electron chi connectivity index (χ1n) is 7.93. The molecule has 5 unspecified atom stereocenters. The van der Waals surface area contributed by atoms with E-state index in [0.717, 1.165) is 37.2 Å². The zero-order valence-electron chi connectivity index (χ0n) is 12.3. The molecule has 5 atom stereocenters. The Morgan fingerprint density at radius 2 is 2.05 bits per heavy atom. The summed E-state index contributed by atoms with van der Waals surface area (Å²) in [5.41, 5.74) is 0.719. The van der Waals surface area contributed by atoms with Crippen molar-refractivity contribution >= 4 is 11.8 Å². The number of carbonyl (C=O) groups is 2. The smallest absolute Gasteiger partial charge is 0.306 e. The predicted molar refractivity (Wildman–Crippen MR) is 76.0 cm³/mol. The van der Waals surface area contributed by atoms with Gasteiger partial charge < -0.3 is 4.74 Å². The minimum absolute atomic E-state index is 0.0324. The summed E-state index contributed by atoms with van der Waals surface area (Å²) in [5, 5.41) is 0. The number of esters is 1. The Morgan fingerprint density at radius 1 is 1.25 bits per heavy atom. The van der Waals surface area contributed by atoms with E-state index in [9.17, 15) is 9.59 Å². The van der Waals surface area contributed by atoms with Crippen LogP contribution >= 0.6 is 0 Å². The summed E-state index contributed by atoms with van der Waals surface area (Å²) in [6.07, 6.45) is 7.30. The van der Waals surface area contributed by atoms with E-state index in [1.54, 1.807) is 0 Å². The summed E-state index contributed by atoms with van der Waals surface area (Å²) in [4.78, 5) is 23.2. The van der Waals surface area contributed by atoms with E-state index in [4.69, 9.17) is 4.74 Å². The first-order chi connectivity index (χ1) is 9.54. The average Bonchev–Trinajstić information content (AvgIpc) is 3.09. The first-order valence-corrected chi connectivity index (χ1v) is 7.93. The van der Waals surface area contributed by atoms with Gasteiger partial charge >= 0.3 is 5.97 Å². The third-order valence-electron chi connectivity index (χ3n) is 5.59. The minimum Gasteiger partial charge on any atom is -0.462 e. The molecule has 2 aliphatic carbocycles. The lowest BCUT2D eigenvalue weighted by molar-refractivity contribution is -0.141. The van der Waals surface area contributed by atoms with Crippen LogP contribution in [0.2, 0.25) is 0 Å². The largest absolute Gasteiger partial charge is 0.462 e. The number of fused-ring (bicyclic) bond motifs is 2. The van der Waals surface area contributed by atoms with Gasteiger partial charge in [-0.15, -0.1) is 0 Å². The fraction of sp³-hybridized carbons (Fsp3) is 0.765. The van der Waals surface area contributed by atoms with Crippen LogP contribution in [0.25, 0.3) is 0 Å². The number of allylic oxidation sites excluding steroid dienone is 1. The highest BCUT2D eigenvalue weighted by molar-refractivity contribution is 5.96. The molecule has 110 valence electrons. The number of rotatable bonds is 5. The van der Waals surface area contributed by atoms with E-state index in [1.807, 2.05) is 6.92 Å². The number of cyclic esters (lactones) is 1. The molecule has 1 saturated heterocycles. The number of carbonyl (C=O) groups excluding carboxylic acids is 2. The molecule has 20 heavy (non-hydrogen) atoms. The molecular weight excluding hydrogens is 252 g/mol. The quantitative estimate of drug-likeness (QED) is 0.571. The van der Waals surface area contributed by atoms with Gasteiger partial charge in [-0.1, -0.05) is 6.58 Å². The van der Waals surface area contributed by atoms with Crippen LogP contribution in [0.3, 0.4) is 0 Å². The van der Waals surface area contributed by atoms with Gasteiger partial charge in [0.1, 0.15) is 6.10 Å². The van der Waals surface area contributed by atoms with E-state index in [1.165, 1.54) is 12.8 Å². The maximum atomic E-state index is 12.1. The topological polar surface area (TPSA) is 43.4 Å². The van der Waals surface area contributed by atoms with Crippen LogP contribution < -0.4 is 0 Å². The second-order valence-electron chi connectivity index (χ2n) is 6.97. The zero-order chi connectivity index (χ0) is 14.3. The highest BCUT2D eigenvalue weighted by Gasteiger charge is 2.48. The Morgan fingerprint density at radius 3 is 2.60 bits per heavy atom. The van der Waals surface area contributed by atoms with Crippen molar-refractivity contribution < 1.29 is 14.3 Å². The van der Waals surface area contributed by atoms with Gasteiger partial charge in [0.2, 0.25) is 0 Å². The molecule has 2 bridgehead atoms. The number of ketones is 1. The molecular formula is C17H24O3. The molecule has 0 N–H and O–H groups in total. The first kappa shape index (κ1) is 13.8. The van der Waals surface area contributed by atoms with Gasteiger partial charge in [0.15, 0.2) is 5.78 Å². The minimum atomic E-state index is -0.0324. The van der Waals surface area contributed by atoms with Crippen LogP contribution in [0.4, 0.5) is 0 Å². The van der Waals surface area contributed by atoms with Gasteiger partial charge in [0, 0.05) is 12.3 Å². The average molecular weight is 276 g/mol. The van der Waals surface area contributed by atoms with Crippen LogP contribution in [0.1, 0.15) is 51.9 Å². The molecule has 3 rings (SSSR count). The van der Waals surface area contributed by atoms with E-state index in [0.29, 0.717) is 24.0 Å². The van der Waals surface area contributed by atoms with Gasteiger partial charge in [-0.2, -0.15) is 0 Å². The van der Waals surface area contributed by atoms with Crippen molar-refractivity contribution in [2.75, 3.05) is 0 Å². The van der Waals surface area contributed by atoms with Gasteiger partial charge in [-0.25, -0.2) is 0 Å². The van der Waals surface area contributed by atoms with Crippen LogP contribution in [-0.4, -0.2) is 17.9 Å². The van der Waals surface area contributed by atoms with E-state index < -0.39 is 0 Å². The fourth-order valence-electron chi connectivity index (χ4n) is 4.57. The molecule has 0 radical (unpaired) electrons. The van der Waals surface area contributed by atoms with Crippen molar-refractivity contribution in [2.45, 2.75) is 58.0 Å². The normalized spacial score (nSPS) is 39.0. The van der Waals surface area contributed by atoms with Gasteiger partial charge in [0.25, 0.3) is 0 Å². The molecule has 0 amide bonds. The summed E-state index contributed by atoms with van der Waals surface area (Å²) in [6.45, 7) is 5.63. The van der Waals surface area contributed by atoms with Crippen LogP contribution in [0.15, 0.2) is 12.2 Å². The Labute approximate surface area is 120 Å². The van der Waals surface area contributed by atoms with Gasteiger partial charge in [0.05, 0.1) is 0 Å². The van der Waals surface area contributed by atoms with E-state index >= 15 is 0 Å². The molecule has 3 heteroatoms. The molecule has 3 fully saturated rings. The van der Waals surface area contributed by atoms with Crippen molar-refractivity contribution in [1.29, 1.82) is 0 Å². The Bertz CT molecular complexity index is 440. The third kappa shape index (κ3) is 2.55. The highest BCUT2D eigenvalue weighted by atomic mass is 16.5. The van der Waals surface area contributed by atoms with Gasteiger partial charge in [-0.3, -0.25) is 9.59 Å². The molecule has 0 aromatic rings. The molecule has 3 nitrogen and oxygen atoms in total. The highest BCUT2D eigenvalue weighted by Crippen LogP contribution is 2.54. The maximum absolute atomic E-state index is 12.1. The van der Waals surface area contributed by atoms with Crippen LogP contribution in [0, 0.1) is 23.7 Å². The van der Waals surface area contributed by atoms with Crippen LogP contribution in [-0.2, 0) is 14.3 Å². The van der Waals surface area contributed by atoms with Crippen molar-refractivity contribution in [2.24, 2.45) is 23.7 Å². The SMILES string of the molecule is C=C(C)C(=O)C1CC2CC1CC2CCC1CCC(=O)O1. The Kier molecular flexibility index (Phi) is 3.70. The Balaban J connectivity index is 1.48. The molecule has 1 aliphatic heterocycles. The second-order valence-corrected chi connectivity index (χ2v) is 6.97. The van der Waals surface area contributed by atoms with E-state index in [-0.39, 0.29) is 18.0 Å². The molecule has 1 heterocycles. The molecule has 0 spiro atoms. The second kappa shape index (κ2) is 5.34. The molecule has 0 aromatic heterocycles. The summed E-state index contributed by atoms with van der Waals surface area (Å²) < 4.78 is 5.29. The van der Waals surface area contributed by atoms with Crippen molar-refractivity contribution in [3.05, 3.63) is 12.2 Å². The van der Waals surface area contributed by atoms with Crippen molar-refractivity contribution in [1.82, 2.24) is 0 Å². The lowest BCUT2D eigenvalue weighted by Gasteiger charge is -2.27. The fourth-order valence-corrected chi connectivity index (χ4v) is 4.57. The zero-order valence-corrected chi connectivity index (χ0v) is 12.3. The maximum Gasteiger partial charge on any atom is 0.306 e. The van der Waals surface area contributed by atoms with Crippen molar-refractivity contribution in [3.8, 4) is 0 Å². The lowest BCUT2D eigenvalue weighted by Crippen LogP contribution is -2.25. The Hall–Kier alpha value is -1.12. The predicted octanol–water partition coefficient (Wildman–Crippen LogP) is 3.28. The monoisotopic (exact) mass is 276 g/mol. The van der Waals surface area contributed by atoms with Crippen molar-refractivity contribution in [3.63, 3.8) is 0 Å². The number of ether oxygens (including phenoxy) is 1.